The smallest absolute Gasteiger partial charge is 0.384 e. The predicted molar refractivity (Wildman–Crippen MR) is 67.2 cm³/mol. The number of morpholine rings is 1. The molecular weight excluding hydrogens is 275 g/mol. The van der Waals surface area contributed by atoms with E-state index >= 15 is 0 Å². The van der Waals surface area contributed by atoms with Crippen molar-refractivity contribution in [1.29, 1.82) is 0 Å². The molecule has 2 rings (SSSR count). The van der Waals surface area contributed by atoms with Crippen molar-refractivity contribution in [3.05, 3.63) is 11.9 Å². The lowest BCUT2D eigenvalue weighted by molar-refractivity contribution is -0.144. The number of halogens is 3. The highest BCUT2D eigenvalue weighted by Crippen LogP contribution is 2.27. The SMILES string of the molecule is Nc1cc(NCCN2CCOCC2)nc(C(F)(F)F)n1. The fourth-order valence-electron chi connectivity index (χ4n) is 1.85. The fourth-order valence-corrected chi connectivity index (χ4v) is 1.85. The maximum absolute atomic E-state index is 12.5. The summed E-state index contributed by atoms with van der Waals surface area (Å²) in [5.74, 6) is -1.36. The van der Waals surface area contributed by atoms with Gasteiger partial charge in [0.2, 0.25) is 5.82 Å². The zero-order valence-electron chi connectivity index (χ0n) is 10.8. The van der Waals surface area contributed by atoms with Crippen LogP contribution < -0.4 is 11.1 Å². The van der Waals surface area contributed by atoms with Crippen LogP contribution in [0.1, 0.15) is 5.82 Å². The van der Waals surface area contributed by atoms with Crippen LogP contribution in [0.4, 0.5) is 24.8 Å². The fraction of sp³-hybridized carbons (Fsp3) is 0.636. The lowest BCUT2D eigenvalue weighted by Crippen LogP contribution is -2.39. The second-order valence-corrected chi connectivity index (χ2v) is 4.38. The Morgan fingerprint density at radius 3 is 2.65 bits per heavy atom. The Morgan fingerprint density at radius 2 is 2.00 bits per heavy atom. The van der Waals surface area contributed by atoms with Crippen molar-refractivity contribution < 1.29 is 17.9 Å². The van der Waals surface area contributed by atoms with Gasteiger partial charge >= 0.3 is 6.18 Å². The minimum atomic E-state index is -4.60. The third-order valence-electron chi connectivity index (χ3n) is 2.84. The van der Waals surface area contributed by atoms with Crippen molar-refractivity contribution in [3.8, 4) is 0 Å². The maximum atomic E-state index is 12.5. The molecular formula is C11H16F3N5O. The Balaban J connectivity index is 1.90. The van der Waals surface area contributed by atoms with Crippen LogP contribution in [0.15, 0.2) is 6.07 Å². The number of rotatable bonds is 4. The van der Waals surface area contributed by atoms with Crippen LogP contribution in [0.5, 0.6) is 0 Å². The van der Waals surface area contributed by atoms with Crippen molar-refractivity contribution in [2.45, 2.75) is 6.18 Å². The van der Waals surface area contributed by atoms with Crippen LogP contribution in [0.25, 0.3) is 0 Å². The average Bonchev–Trinajstić information content (AvgIpc) is 2.38. The molecule has 0 amide bonds. The first-order valence-corrected chi connectivity index (χ1v) is 6.21. The van der Waals surface area contributed by atoms with E-state index in [4.69, 9.17) is 10.5 Å². The first-order chi connectivity index (χ1) is 9.45. The van der Waals surface area contributed by atoms with E-state index in [0.717, 1.165) is 13.1 Å². The Morgan fingerprint density at radius 1 is 1.30 bits per heavy atom. The van der Waals surface area contributed by atoms with Crippen LogP contribution in [0.2, 0.25) is 0 Å². The summed E-state index contributed by atoms with van der Waals surface area (Å²) in [6.45, 7) is 4.18. The Bertz CT molecular complexity index is 448. The molecule has 9 heteroatoms. The molecule has 6 nitrogen and oxygen atoms in total. The molecule has 0 saturated carbocycles. The molecule has 0 aliphatic carbocycles. The van der Waals surface area contributed by atoms with Gasteiger partial charge in [-0.3, -0.25) is 4.90 Å². The van der Waals surface area contributed by atoms with Gasteiger partial charge in [-0.05, 0) is 0 Å². The molecule has 1 aliphatic rings. The molecule has 1 saturated heterocycles. The van der Waals surface area contributed by atoms with Crippen LogP contribution in [-0.4, -0.2) is 54.3 Å². The number of alkyl halides is 3. The van der Waals surface area contributed by atoms with Gasteiger partial charge in [0.25, 0.3) is 0 Å². The maximum Gasteiger partial charge on any atom is 0.451 e. The second kappa shape index (κ2) is 6.23. The molecule has 1 aromatic heterocycles. The van der Waals surface area contributed by atoms with E-state index in [1.807, 2.05) is 0 Å². The topological polar surface area (TPSA) is 76.3 Å². The number of nitrogens with two attached hydrogens (primary N) is 1. The first kappa shape index (κ1) is 14.8. The normalized spacial score (nSPS) is 17.1. The van der Waals surface area contributed by atoms with E-state index in [1.165, 1.54) is 6.07 Å². The van der Waals surface area contributed by atoms with Crippen molar-refractivity contribution in [2.75, 3.05) is 50.4 Å². The van der Waals surface area contributed by atoms with E-state index in [9.17, 15) is 13.2 Å². The number of anilines is 2. The van der Waals surface area contributed by atoms with Gasteiger partial charge in [-0.1, -0.05) is 0 Å². The van der Waals surface area contributed by atoms with Gasteiger partial charge < -0.3 is 15.8 Å². The quantitative estimate of drug-likeness (QED) is 0.855. The number of ether oxygens (including phenoxy) is 1. The highest BCUT2D eigenvalue weighted by atomic mass is 19.4. The van der Waals surface area contributed by atoms with Crippen molar-refractivity contribution in [1.82, 2.24) is 14.9 Å². The summed E-state index contributed by atoms with van der Waals surface area (Å²) in [7, 11) is 0. The molecule has 1 fully saturated rings. The molecule has 3 N–H and O–H groups in total. The number of hydrogen-bond donors (Lipinski definition) is 2. The van der Waals surface area contributed by atoms with Gasteiger partial charge in [-0.25, -0.2) is 9.97 Å². The molecule has 1 aliphatic heterocycles. The predicted octanol–water partition coefficient (Wildman–Crippen LogP) is 0.822. The molecule has 2 heterocycles. The molecule has 0 radical (unpaired) electrons. The summed E-state index contributed by atoms with van der Waals surface area (Å²) in [4.78, 5) is 8.75. The van der Waals surface area contributed by atoms with E-state index < -0.39 is 12.0 Å². The molecule has 0 unspecified atom stereocenters. The lowest BCUT2D eigenvalue weighted by atomic mass is 10.4. The van der Waals surface area contributed by atoms with Gasteiger partial charge in [0.15, 0.2) is 0 Å². The summed E-state index contributed by atoms with van der Waals surface area (Å²) < 4.78 is 42.8. The largest absolute Gasteiger partial charge is 0.451 e. The Kier molecular flexibility index (Phi) is 4.61. The summed E-state index contributed by atoms with van der Waals surface area (Å²) in [6, 6.07) is 1.29. The molecule has 0 atom stereocenters. The average molecular weight is 291 g/mol. The Labute approximate surface area is 114 Å². The van der Waals surface area contributed by atoms with Gasteiger partial charge in [0.05, 0.1) is 13.2 Å². The third kappa shape index (κ3) is 4.20. The van der Waals surface area contributed by atoms with Gasteiger partial charge in [0, 0.05) is 32.2 Å². The Hall–Kier alpha value is -1.61. The molecule has 112 valence electrons. The van der Waals surface area contributed by atoms with E-state index in [2.05, 4.69) is 20.2 Å². The molecule has 0 spiro atoms. The zero-order chi connectivity index (χ0) is 14.6. The highest BCUT2D eigenvalue weighted by molar-refractivity contribution is 5.44. The van der Waals surface area contributed by atoms with Gasteiger partial charge in [0.1, 0.15) is 11.6 Å². The van der Waals surface area contributed by atoms with Crippen molar-refractivity contribution in [2.24, 2.45) is 0 Å². The summed E-state index contributed by atoms with van der Waals surface area (Å²) in [5, 5.41) is 2.83. The van der Waals surface area contributed by atoms with E-state index in [0.29, 0.717) is 26.3 Å². The van der Waals surface area contributed by atoms with E-state index in [1.54, 1.807) is 0 Å². The summed E-state index contributed by atoms with van der Waals surface area (Å²) >= 11 is 0. The number of aromatic nitrogens is 2. The number of hydrogen-bond acceptors (Lipinski definition) is 6. The summed E-state index contributed by atoms with van der Waals surface area (Å²) in [5.41, 5.74) is 5.35. The zero-order valence-corrected chi connectivity index (χ0v) is 10.8. The van der Waals surface area contributed by atoms with Crippen LogP contribution in [0, 0.1) is 0 Å². The minimum absolute atomic E-state index is 0.0816. The summed E-state index contributed by atoms with van der Waals surface area (Å²) in [6.07, 6.45) is -4.60. The number of nitrogen functional groups attached to an aromatic ring is 1. The lowest BCUT2D eigenvalue weighted by Gasteiger charge is -2.26. The van der Waals surface area contributed by atoms with Crippen LogP contribution in [-0.2, 0) is 10.9 Å². The highest BCUT2D eigenvalue weighted by Gasteiger charge is 2.35. The van der Waals surface area contributed by atoms with Crippen molar-refractivity contribution in [3.63, 3.8) is 0 Å². The molecule has 20 heavy (non-hydrogen) atoms. The van der Waals surface area contributed by atoms with Crippen molar-refractivity contribution >= 4 is 11.6 Å². The molecule has 0 bridgehead atoms. The molecule has 1 aromatic rings. The minimum Gasteiger partial charge on any atom is -0.384 e. The first-order valence-electron chi connectivity index (χ1n) is 6.21. The van der Waals surface area contributed by atoms with E-state index in [-0.39, 0.29) is 11.6 Å². The third-order valence-corrected chi connectivity index (χ3v) is 2.84. The monoisotopic (exact) mass is 291 g/mol. The molecule has 0 aromatic carbocycles. The van der Waals surface area contributed by atoms with Gasteiger partial charge in [-0.15, -0.1) is 0 Å². The number of nitrogens with zero attached hydrogens (tertiary/aromatic N) is 3. The van der Waals surface area contributed by atoms with Gasteiger partial charge in [-0.2, -0.15) is 13.2 Å². The number of nitrogens with one attached hydrogen (secondary N) is 1. The second-order valence-electron chi connectivity index (χ2n) is 4.38. The standard InChI is InChI=1S/C11H16F3N5O/c12-11(13,14)10-17-8(15)7-9(18-10)16-1-2-19-3-5-20-6-4-19/h7H,1-6H2,(H3,15,16,17,18). The van der Waals surface area contributed by atoms with Crippen LogP contribution >= 0.6 is 0 Å². The van der Waals surface area contributed by atoms with Crippen LogP contribution in [0.3, 0.4) is 0 Å².